The Morgan fingerprint density at radius 3 is 2.70 bits per heavy atom. The molecule has 0 aliphatic carbocycles. The van der Waals surface area contributed by atoms with Crippen molar-refractivity contribution < 1.29 is 14.0 Å². The highest BCUT2D eigenvalue weighted by Gasteiger charge is 2.15. The lowest BCUT2D eigenvalue weighted by Gasteiger charge is -2.17. The number of aromatic nitrogens is 2. The van der Waals surface area contributed by atoms with Gasteiger partial charge in [-0.15, -0.1) is 0 Å². The Kier molecular flexibility index (Phi) is 5.10. The van der Waals surface area contributed by atoms with Crippen LogP contribution in [0.3, 0.4) is 0 Å². The van der Waals surface area contributed by atoms with Crippen LogP contribution in [0.2, 0.25) is 0 Å². The van der Waals surface area contributed by atoms with Gasteiger partial charge in [0.1, 0.15) is 11.5 Å². The number of carbonyl (C=O) groups is 2. The Morgan fingerprint density at radius 2 is 2.09 bits per heavy atom. The van der Waals surface area contributed by atoms with Crippen molar-refractivity contribution in [3.8, 4) is 0 Å². The van der Waals surface area contributed by atoms with E-state index in [4.69, 9.17) is 0 Å². The minimum absolute atomic E-state index is 0.130. The SMILES string of the molecule is Cc1cc(C(=O)NCC(=O)N(C)Cc2cccc(F)c2)n(C)n1. The number of likely N-dealkylation sites (N-methyl/N-ethyl adjacent to an activating group) is 1. The fourth-order valence-electron chi connectivity index (χ4n) is 2.20. The van der Waals surface area contributed by atoms with Crippen LogP contribution in [0.5, 0.6) is 0 Å². The predicted molar refractivity (Wildman–Crippen MR) is 83.2 cm³/mol. The standard InChI is InChI=1S/C16H19FN4O2/c1-11-7-14(21(3)19-11)16(23)18-9-15(22)20(2)10-12-5-4-6-13(17)8-12/h4-8H,9-10H2,1-3H3,(H,18,23). The Hall–Kier alpha value is -2.70. The van der Waals surface area contributed by atoms with Gasteiger partial charge in [0.25, 0.3) is 5.91 Å². The molecule has 0 aliphatic rings. The van der Waals surface area contributed by atoms with E-state index in [2.05, 4.69) is 10.4 Å². The Labute approximate surface area is 133 Å². The molecule has 122 valence electrons. The van der Waals surface area contributed by atoms with E-state index in [-0.39, 0.29) is 30.7 Å². The van der Waals surface area contributed by atoms with Crippen LogP contribution < -0.4 is 5.32 Å². The normalized spacial score (nSPS) is 10.4. The van der Waals surface area contributed by atoms with Crippen LogP contribution in [-0.2, 0) is 18.4 Å². The van der Waals surface area contributed by atoms with Crippen molar-refractivity contribution in [1.29, 1.82) is 0 Å². The first-order valence-corrected chi connectivity index (χ1v) is 7.14. The van der Waals surface area contributed by atoms with Gasteiger partial charge < -0.3 is 10.2 Å². The van der Waals surface area contributed by atoms with Crippen LogP contribution in [0, 0.1) is 12.7 Å². The Bertz CT molecular complexity index is 727. The summed E-state index contributed by atoms with van der Waals surface area (Å²) in [6.45, 7) is 1.93. The van der Waals surface area contributed by atoms with Crippen LogP contribution in [0.1, 0.15) is 21.7 Å². The number of hydrogen-bond donors (Lipinski definition) is 1. The van der Waals surface area contributed by atoms with Crippen molar-refractivity contribution in [2.45, 2.75) is 13.5 Å². The molecule has 23 heavy (non-hydrogen) atoms. The van der Waals surface area contributed by atoms with E-state index in [9.17, 15) is 14.0 Å². The van der Waals surface area contributed by atoms with E-state index >= 15 is 0 Å². The monoisotopic (exact) mass is 318 g/mol. The van der Waals surface area contributed by atoms with Gasteiger partial charge in [-0.3, -0.25) is 14.3 Å². The lowest BCUT2D eigenvalue weighted by molar-refractivity contribution is -0.129. The first-order chi connectivity index (χ1) is 10.9. The third-order valence-electron chi connectivity index (χ3n) is 3.37. The maximum Gasteiger partial charge on any atom is 0.269 e. The molecular formula is C16H19FN4O2. The average Bonchev–Trinajstić information content (AvgIpc) is 2.83. The van der Waals surface area contributed by atoms with Gasteiger partial charge in [0.2, 0.25) is 5.91 Å². The first-order valence-electron chi connectivity index (χ1n) is 7.14. The van der Waals surface area contributed by atoms with Gasteiger partial charge in [-0.05, 0) is 30.7 Å². The van der Waals surface area contributed by atoms with Crippen molar-refractivity contribution in [3.63, 3.8) is 0 Å². The summed E-state index contributed by atoms with van der Waals surface area (Å²) in [6.07, 6.45) is 0. The molecular weight excluding hydrogens is 299 g/mol. The molecule has 2 aromatic rings. The molecule has 1 aromatic heterocycles. The molecule has 0 unspecified atom stereocenters. The summed E-state index contributed by atoms with van der Waals surface area (Å²) in [5, 5.41) is 6.65. The van der Waals surface area contributed by atoms with Gasteiger partial charge in [-0.25, -0.2) is 4.39 Å². The van der Waals surface area contributed by atoms with E-state index in [0.717, 1.165) is 5.69 Å². The molecule has 2 rings (SSSR count). The van der Waals surface area contributed by atoms with E-state index < -0.39 is 0 Å². The number of nitrogens with zero attached hydrogens (tertiary/aromatic N) is 3. The van der Waals surface area contributed by atoms with E-state index in [0.29, 0.717) is 11.3 Å². The van der Waals surface area contributed by atoms with Crippen molar-refractivity contribution in [1.82, 2.24) is 20.0 Å². The second-order valence-electron chi connectivity index (χ2n) is 5.36. The zero-order valence-corrected chi connectivity index (χ0v) is 13.3. The third kappa shape index (κ3) is 4.38. The zero-order valence-electron chi connectivity index (χ0n) is 13.3. The van der Waals surface area contributed by atoms with E-state index in [1.165, 1.54) is 21.7 Å². The maximum atomic E-state index is 13.1. The molecule has 0 saturated heterocycles. The third-order valence-corrected chi connectivity index (χ3v) is 3.37. The molecule has 1 N–H and O–H groups in total. The molecule has 1 aromatic carbocycles. The van der Waals surface area contributed by atoms with Crippen LogP contribution in [0.15, 0.2) is 30.3 Å². The Balaban J connectivity index is 1.89. The number of amides is 2. The number of nitrogens with one attached hydrogen (secondary N) is 1. The van der Waals surface area contributed by atoms with Crippen molar-refractivity contribution in [2.75, 3.05) is 13.6 Å². The van der Waals surface area contributed by atoms with Crippen LogP contribution >= 0.6 is 0 Å². The van der Waals surface area contributed by atoms with Crippen molar-refractivity contribution in [2.24, 2.45) is 7.05 Å². The molecule has 0 aliphatic heterocycles. The molecule has 0 radical (unpaired) electrons. The molecule has 2 amide bonds. The van der Waals surface area contributed by atoms with Crippen LogP contribution in [0.25, 0.3) is 0 Å². The molecule has 0 fully saturated rings. The zero-order chi connectivity index (χ0) is 17.0. The lowest BCUT2D eigenvalue weighted by Crippen LogP contribution is -2.38. The number of rotatable bonds is 5. The molecule has 0 bridgehead atoms. The summed E-state index contributed by atoms with van der Waals surface area (Å²) in [5.41, 5.74) is 1.81. The number of carbonyl (C=O) groups excluding carboxylic acids is 2. The molecule has 1 heterocycles. The van der Waals surface area contributed by atoms with Gasteiger partial charge in [-0.2, -0.15) is 5.10 Å². The smallest absolute Gasteiger partial charge is 0.269 e. The fraction of sp³-hybridized carbons (Fsp3) is 0.312. The maximum absolute atomic E-state index is 13.1. The van der Waals surface area contributed by atoms with E-state index in [1.54, 1.807) is 39.2 Å². The van der Waals surface area contributed by atoms with Gasteiger partial charge in [0, 0.05) is 20.6 Å². The average molecular weight is 318 g/mol. The fourth-order valence-corrected chi connectivity index (χ4v) is 2.20. The second-order valence-corrected chi connectivity index (χ2v) is 5.36. The number of benzene rings is 1. The molecule has 0 atom stereocenters. The van der Waals surface area contributed by atoms with Crippen molar-refractivity contribution in [3.05, 3.63) is 53.1 Å². The minimum Gasteiger partial charge on any atom is -0.342 e. The van der Waals surface area contributed by atoms with Gasteiger partial charge in [0.15, 0.2) is 0 Å². The first kappa shape index (κ1) is 16.7. The summed E-state index contributed by atoms with van der Waals surface area (Å²) in [5.74, 6) is -0.967. The van der Waals surface area contributed by atoms with Crippen LogP contribution in [-0.4, -0.2) is 40.1 Å². The highest BCUT2D eigenvalue weighted by Crippen LogP contribution is 2.06. The molecule has 6 nitrogen and oxygen atoms in total. The topological polar surface area (TPSA) is 67.2 Å². The summed E-state index contributed by atoms with van der Waals surface area (Å²) in [4.78, 5) is 25.5. The van der Waals surface area contributed by atoms with Gasteiger partial charge in [0.05, 0.1) is 12.2 Å². The van der Waals surface area contributed by atoms with Gasteiger partial charge >= 0.3 is 0 Å². The number of halogens is 1. The summed E-state index contributed by atoms with van der Waals surface area (Å²) >= 11 is 0. The van der Waals surface area contributed by atoms with Crippen LogP contribution in [0.4, 0.5) is 4.39 Å². The minimum atomic E-state index is -0.361. The number of hydrogen-bond acceptors (Lipinski definition) is 3. The van der Waals surface area contributed by atoms with E-state index in [1.807, 2.05) is 0 Å². The largest absolute Gasteiger partial charge is 0.342 e. The number of aryl methyl sites for hydroxylation is 2. The van der Waals surface area contributed by atoms with Gasteiger partial charge in [-0.1, -0.05) is 12.1 Å². The quantitative estimate of drug-likeness (QED) is 0.902. The molecule has 7 heteroatoms. The molecule has 0 saturated carbocycles. The summed E-state index contributed by atoms with van der Waals surface area (Å²) < 4.78 is 14.6. The highest BCUT2D eigenvalue weighted by atomic mass is 19.1. The molecule has 0 spiro atoms. The Morgan fingerprint density at radius 1 is 1.35 bits per heavy atom. The summed E-state index contributed by atoms with van der Waals surface area (Å²) in [6, 6.07) is 7.71. The summed E-state index contributed by atoms with van der Waals surface area (Å²) in [7, 11) is 3.27. The lowest BCUT2D eigenvalue weighted by atomic mass is 10.2. The second kappa shape index (κ2) is 7.04. The highest BCUT2D eigenvalue weighted by molar-refractivity contribution is 5.95. The van der Waals surface area contributed by atoms with Crippen molar-refractivity contribution >= 4 is 11.8 Å². The predicted octanol–water partition coefficient (Wildman–Crippen LogP) is 1.26.